The second-order valence-corrected chi connectivity index (χ2v) is 6.99. The number of rotatable bonds is 5. The number of guanidine groups is 1. The van der Waals surface area contributed by atoms with Crippen molar-refractivity contribution < 1.29 is 4.74 Å². The first-order valence-corrected chi connectivity index (χ1v) is 8.89. The Morgan fingerprint density at radius 3 is 2.62 bits per heavy atom. The van der Waals surface area contributed by atoms with Crippen LogP contribution in [0.1, 0.15) is 29.9 Å². The van der Waals surface area contributed by atoms with E-state index in [0.717, 1.165) is 28.6 Å². The van der Waals surface area contributed by atoms with Crippen molar-refractivity contribution in [1.82, 2.24) is 5.32 Å². The lowest BCUT2D eigenvalue weighted by Gasteiger charge is -2.36. The lowest BCUT2D eigenvalue weighted by Crippen LogP contribution is -2.46. The van der Waals surface area contributed by atoms with Crippen molar-refractivity contribution >= 4 is 21.9 Å². The Kier molecular flexibility index (Phi) is 5.41. The Hall–Kier alpha value is -2.01. The fraction of sp³-hybridized carbons (Fsp3) is 0.316. The maximum atomic E-state index is 6.02. The summed E-state index contributed by atoms with van der Waals surface area (Å²) in [4.78, 5) is 4.43. The quantitative estimate of drug-likeness (QED) is 0.605. The van der Waals surface area contributed by atoms with Gasteiger partial charge in [0.15, 0.2) is 5.96 Å². The molecule has 1 aliphatic carbocycles. The number of nitrogens with zero attached hydrogens (tertiary/aromatic N) is 1. The first kappa shape index (κ1) is 16.8. The topological polar surface area (TPSA) is 59.6 Å². The molecule has 0 heterocycles. The number of hydrogen-bond donors (Lipinski definition) is 2. The van der Waals surface area contributed by atoms with E-state index in [2.05, 4.69) is 50.5 Å². The third-order valence-corrected chi connectivity index (χ3v) is 4.97. The van der Waals surface area contributed by atoms with Crippen LogP contribution in [0, 0.1) is 0 Å². The van der Waals surface area contributed by atoms with Gasteiger partial charge >= 0.3 is 0 Å². The van der Waals surface area contributed by atoms with Crippen LogP contribution in [-0.2, 0) is 6.54 Å². The van der Waals surface area contributed by atoms with Gasteiger partial charge in [0.1, 0.15) is 5.75 Å². The monoisotopic (exact) mass is 387 g/mol. The van der Waals surface area contributed by atoms with Gasteiger partial charge in [-0.15, -0.1) is 0 Å². The molecule has 0 saturated heterocycles. The maximum Gasteiger partial charge on any atom is 0.189 e. The standard InChI is InChI=1S/C19H22BrN3O/c1-24-18-5-3-2-4-14(18)12-22-19(21)23-17-10-15(11-17)13-6-8-16(20)9-7-13/h2-9,15,17H,10-12H2,1H3,(H3,21,22,23). The Morgan fingerprint density at radius 1 is 1.21 bits per heavy atom. The molecular weight excluding hydrogens is 366 g/mol. The molecule has 1 aliphatic rings. The van der Waals surface area contributed by atoms with E-state index in [0.29, 0.717) is 24.5 Å². The van der Waals surface area contributed by atoms with Crippen molar-refractivity contribution in [2.75, 3.05) is 7.11 Å². The molecule has 0 unspecified atom stereocenters. The van der Waals surface area contributed by atoms with E-state index in [1.165, 1.54) is 5.56 Å². The minimum atomic E-state index is 0.403. The van der Waals surface area contributed by atoms with Crippen molar-refractivity contribution in [3.05, 3.63) is 64.1 Å². The van der Waals surface area contributed by atoms with Crippen LogP contribution in [0.25, 0.3) is 0 Å². The number of aliphatic imine (C=N–C) groups is 1. The molecular formula is C19H22BrN3O. The van der Waals surface area contributed by atoms with Crippen molar-refractivity contribution in [3.63, 3.8) is 0 Å². The van der Waals surface area contributed by atoms with E-state index in [4.69, 9.17) is 10.5 Å². The highest BCUT2D eigenvalue weighted by atomic mass is 79.9. The number of hydrogen-bond acceptors (Lipinski definition) is 2. The summed E-state index contributed by atoms with van der Waals surface area (Å²) < 4.78 is 6.45. The molecule has 2 aromatic rings. The summed E-state index contributed by atoms with van der Waals surface area (Å²) in [6, 6.07) is 16.8. The van der Waals surface area contributed by atoms with E-state index in [9.17, 15) is 0 Å². The molecule has 24 heavy (non-hydrogen) atoms. The van der Waals surface area contributed by atoms with Gasteiger partial charge < -0.3 is 15.8 Å². The summed E-state index contributed by atoms with van der Waals surface area (Å²) in [5.41, 5.74) is 8.44. The zero-order valence-corrected chi connectivity index (χ0v) is 15.3. The Bertz CT molecular complexity index is 709. The zero-order chi connectivity index (χ0) is 16.9. The molecule has 2 aromatic carbocycles. The van der Waals surface area contributed by atoms with E-state index >= 15 is 0 Å². The molecule has 0 spiro atoms. The first-order chi connectivity index (χ1) is 11.7. The van der Waals surface area contributed by atoms with Gasteiger partial charge in [-0.25, -0.2) is 4.99 Å². The molecule has 5 heteroatoms. The van der Waals surface area contributed by atoms with Crippen LogP contribution in [0.3, 0.4) is 0 Å². The van der Waals surface area contributed by atoms with Crippen molar-refractivity contribution in [2.45, 2.75) is 31.3 Å². The smallest absolute Gasteiger partial charge is 0.189 e. The third kappa shape index (κ3) is 4.09. The molecule has 3 N–H and O–H groups in total. The van der Waals surface area contributed by atoms with Crippen LogP contribution in [0.4, 0.5) is 0 Å². The number of nitrogens with two attached hydrogens (primary N) is 1. The molecule has 0 radical (unpaired) electrons. The summed E-state index contributed by atoms with van der Waals surface area (Å²) in [6.07, 6.45) is 2.18. The van der Waals surface area contributed by atoms with Crippen molar-refractivity contribution in [1.29, 1.82) is 0 Å². The van der Waals surface area contributed by atoms with E-state index in [-0.39, 0.29) is 0 Å². The number of benzene rings is 2. The van der Waals surface area contributed by atoms with Gasteiger partial charge in [0.25, 0.3) is 0 Å². The highest BCUT2D eigenvalue weighted by molar-refractivity contribution is 9.10. The van der Waals surface area contributed by atoms with E-state index in [1.54, 1.807) is 7.11 Å². The molecule has 4 nitrogen and oxygen atoms in total. The number of ether oxygens (including phenoxy) is 1. The summed E-state index contributed by atoms with van der Waals surface area (Å²) in [5.74, 6) is 1.95. The van der Waals surface area contributed by atoms with Crippen molar-refractivity contribution in [3.8, 4) is 5.75 Å². The normalized spacial score (nSPS) is 20.3. The number of nitrogens with one attached hydrogen (secondary N) is 1. The Labute approximate surface area is 151 Å². The summed E-state index contributed by atoms with van der Waals surface area (Å²) in [5, 5.41) is 3.31. The van der Waals surface area contributed by atoms with Gasteiger partial charge in [0.05, 0.1) is 13.7 Å². The SMILES string of the molecule is COc1ccccc1CN=C(N)NC1CC(c2ccc(Br)cc2)C1. The van der Waals surface area contributed by atoms with Crippen LogP contribution < -0.4 is 15.8 Å². The van der Waals surface area contributed by atoms with E-state index in [1.807, 2.05) is 24.3 Å². The lowest BCUT2D eigenvalue weighted by atomic mass is 9.76. The summed E-state index contributed by atoms with van der Waals surface area (Å²) in [6.45, 7) is 0.520. The predicted molar refractivity (Wildman–Crippen MR) is 101 cm³/mol. The highest BCUT2D eigenvalue weighted by Crippen LogP contribution is 2.37. The van der Waals surface area contributed by atoms with Gasteiger partial charge in [-0.2, -0.15) is 0 Å². The maximum absolute atomic E-state index is 6.02. The number of para-hydroxylation sites is 1. The minimum Gasteiger partial charge on any atom is -0.496 e. The summed E-state index contributed by atoms with van der Waals surface area (Å²) >= 11 is 3.47. The van der Waals surface area contributed by atoms with Gasteiger partial charge in [0, 0.05) is 16.1 Å². The van der Waals surface area contributed by atoms with Gasteiger partial charge in [-0.3, -0.25) is 0 Å². The average Bonchev–Trinajstić information content (AvgIpc) is 2.57. The van der Waals surface area contributed by atoms with Crippen LogP contribution in [-0.4, -0.2) is 19.1 Å². The van der Waals surface area contributed by atoms with Crippen LogP contribution in [0.2, 0.25) is 0 Å². The fourth-order valence-electron chi connectivity index (χ4n) is 3.00. The average molecular weight is 388 g/mol. The van der Waals surface area contributed by atoms with E-state index < -0.39 is 0 Å². The van der Waals surface area contributed by atoms with Gasteiger partial charge in [0.2, 0.25) is 0 Å². The first-order valence-electron chi connectivity index (χ1n) is 8.09. The molecule has 126 valence electrons. The third-order valence-electron chi connectivity index (χ3n) is 4.44. The highest BCUT2D eigenvalue weighted by Gasteiger charge is 2.30. The molecule has 1 fully saturated rings. The second kappa shape index (κ2) is 7.71. The lowest BCUT2D eigenvalue weighted by molar-refractivity contribution is 0.323. The molecule has 0 amide bonds. The fourth-order valence-corrected chi connectivity index (χ4v) is 3.27. The van der Waals surface area contributed by atoms with Crippen molar-refractivity contribution in [2.24, 2.45) is 10.7 Å². The number of halogens is 1. The summed E-state index contributed by atoms with van der Waals surface area (Å²) in [7, 11) is 1.67. The minimum absolute atomic E-state index is 0.403. The van der Waals surface area contributed by atoms with Gasteiger partial charge in [-0.05, 0) is 42.5 Å². The second-order valence-electron chi connectivity index (χ2n) is 6.07. The van der Waals surface area contributed by atoms with Crippen LogP contribution >= 0.6 is 15.9 Å². The molecule has 0 aromatic heterocycles. The largest absolute Gasteiger partial charge is 0.496 e. The molecule has 3 rings (SSSR count). The van der Waals surface area contributed by atoms with Gasteiger partial charge in [-0.1, -0.05) is 46.3 Å². The van der Waals surface area contributed by atoms with Crippen LogP contribution in [0.15, 0.2) is 58.0 Å². The molecule has 0 aliphatic heterocycles. The molecule has 0 bridgehead atoms. The van der Waals surface area contributed by atoms with Crippen LogP contribution in [0.5, 0.6) is 5.75 Å². The number of methoxy groups -OCH3 is 1. The molecule has 0 atom stereocenters. The Balaban J connectivity index is 1.49. The Morgan fingerprint density at radius 2 is 1.92 bits per heavy atom. The predicted octanol–water partition coefficient (Wildman–Crippen LogP) is 3.81. The zero-order valence-electron chi connectivity index (χ0n) is 13.7. The molecule has 1 saturated carbocycles.